The van der Waals surface area contributed by atoms with Crippen LogP contribution < -0.4 is 0 Å². The van der Waals surface area contributed by atoms with Crippen LogP contribution in [-0.4, -0.2) is 9.81 Å². The minimum Gasteiger partial charge on any atom is -0.241 e. The Bertz CT molecular complexity index is 474. The lowest BCUT2D eigenvalue weighted by molar-refractivity contribution is 0.700. The van der Waals surface area contributed by atoms with Crippen molar-refractivity contribution in [1.29, 1.82) is 0 Å². The highest BCUT2D eigenvalue weighted by atomic mass is 79.9. The average molecular weight is 296 g/mol. The van der Waals surface area contributed by atoms with Gasteiger partial charge >= 0.3 is 0 Å². The molecule has 1 saturated carbocycles. The molecule has 3 rings (SSSR count). The lowest BCUT2D eigenvalue weighted by atomic mass is 10.2. The van der Waals surface area contributed by atoms with Crippen LogP contribution in [0.3, 0.4) is 0 Å². The van der Waals surface area contributed by atoms with Gasteiger partial charge in [-0.3, -0.25) is 0 Å². The quantitative estimate of drug-likeness (QED) is 0.771. The molecule has 1 heterocycles. The van der Waals surface area contributed by atoms with Crippen LogP contribution >= 0.6 is 27.3 Å². The van der Waals surface area contributed by atoms with E-state index in [1.165, 1.54) is 16.1 Å². The molecule has 0 aliphatic heterocycles. The van der Waals surface area contributed by atoms with Crippen molar-refractivity contribution in [2.45, 2.75) is 24.6 Å². The third-order valence-electron chi connectivity index (χ3n) is 3.34. The van der Waals surface area contributed by atoms with E-state index < -0.39 is 0 Å². The van der Waals surface area contributed by atoms with Crippen molar-refractivity contribution < 1.29 is 0 Å². The van der Waals surface area contributed by atoms with Gasteiger partial charge in [0.15, 0.2) is 0 Å². The molecule has 1 aromatic heterocycles. The summed E-state index contributed by atoms with van der Waals surface area (Å²) in [6.07, 6.45) is 2.45. The SMILES string of the molecule is CC1CC1C(Br)Cc1nc2ccccc2s1. The summed E-state index contributed by atoms with van der Waals surface area (Å²) in [6.45, 7) is 2.33. The highest BCUT2D eigenvalue weighted by Crippen LogP contribution is 2.44. The first-order chi connectivity index (χ1) is 7.74. The number of hydrogen-bond acceptors (Lipinski definition) is 2. The Hall–Kier alpha value is -0.410. The fourth-order valence-electron chi connectivity index (χ4n) is 2.18. The number of halogens is 1. The number of rotatable bonds is 3. The van der Waals surface area contributed by atoms with Crippen LogP contribution in [0, 0.1) is 11.8 Å². The van der Waals surface area contributed by atoms with Crippen molar-refractivity contribution in [2.24, 2.45) is 11.8 Å². The van der Waals surface area contributed by atoms with Gasteiger partial charge in [-0.1, -0.05) is 35.0 Å². The third-order valence-corrected chi connectivity index (χ3v) is 5.41. The molecule has 3 heteroatoms. The molecule has 1 fully saturated rings. The van der Waals surface area contributed by atoms with E-state index in [4.69, 9.17) is 0 Å². The Morgan fingerprint density at radius 3 is 2.94 bits per heavy atom. The molecule has 1 aromatic carbocycles. The lowest BCUT2D eigenvalue weighted by Gasteiger charge is -2.04. The number of thiazole rings is 1. The maximum Gasteiger partial charge on any atom is 0.0949 e. The van der Waals surface area contributed by atoms with Crippen molar-refractivity contribution in [3.05, 3.63) is 29.3 Å². The minimum atomic E-state index is 0.614. The second-order valence-corrected chi connectivity index (χ2v) is 6.96. The van der Waals surface area contributed by atoms with E-state index >= 15 is 0 Å². The molecule has 0 N–H and O–H groups in total. The van der Waals surface area contributed by atoms with Crippen molar-refractivity contribution in [3.63, 3.8) is 0 Å². The molecule has 0 amide bonds. The van der Waals surface area contributed by atoms with Gasteiger partial charge in [0, 0.05) is 11.2 Å². The third kappa shape index (κ3) is 2.03. The summed E-state index contributed by atoms with van der Waals surface area (Å²) in [5.74, 6) is 1.77. The molecular weight excluding hydrogens is 282 g/mol. The summed E-state index contributed by atoms with van der Waals surface area (Å²) in [4.78, 5) is 5.29. The first-order valence-corrected chi connectivity index (χ1v) is 7.46. The summed E-state index contributed by atoms with van der Waals surface area (Å²) in [5.41, 5.74) is 1.14. The number of fused-ring (bicyclic) bond motifs is 1. The van der Waals surface area contributed by atoms with Gasteiger partial charge in [-0.15, -0.1) is 11.3 Å². The number of alkyl halides is 1. The molecule has 2 aromatic rings. The molecule has 0 bridgehead atoms. The molecule has 3 atom stereocenters. The fraction of sp³-hybridized carbons (Fsp3) is 0.462. The second-order valence-electron chi connectivity index (χ2n) is 4.67. The lowest BCUT2D eigenvalue weighted by Crippen LogP contribution is -2.05. The Morgan fingerprint density at radius 2 is 2.25 bits per heavy atom. The highest BCUT2D eigenvalue weighted by Gasteiger charge is 2.38. The maximum atomic E-state index is 4.68. The molecule has 0 spiro atoms. The average Bonchev–Trinajstić information content (AvgIpc) is 2.87. The van der Waals surface area contributed by atoms with Crippen LogP contribution in [0.2, 0.25) is 0 Å². The zero-order valence-corrected chi connectivity index (χ0v) is 11.6. The van der Waals surface area contributed by atoms with Gasteiger partial charge in [-0.05, 0) is 30.4 Å². The van der Waals surface area contributed by atoms with E-state index in [1.807, 2.05) is 11.3 Å². The molecule has 0 saturated heterocycles. The predicted octanol–water partition coefficient (Wildman–Crippen LogP) is 4.26. The smallest absolute Gasteiger partial charge is 0.0949 e. The van der Waals surface area contributed by atoms with Gasteiger partial charge < -0.3 is 0 Å². The number of benzene rings is 1. The summed E-state index contributed by atoms with van der Waals surface area (Å²) in [5, 5.41) is 1.27. The highest BCUT2D eigenvalue weighted by molar-refractivity contribution is 9.09. The maximum absolute atomic E-state index is 4.68. The minimum absolute atomic E-state index is 0.614. The predicted molar refractivity (Wildman–Crippen MR) is 73.3 cm³/mol. The van der Waals surface area contributed by atoms with E-state index in [0.29, 0.717) is 4.83 Å². The molecule has 1 nitrogen and oxygen atoms in total. The number of aromatic nitrogens is 1. The topological polar surface area (TPSA) is 12.9 Å². The molecule has 1 aliphatic carbocycles. The van der Waals surface area contributed by atoms with E-state index in [1.54, 1.807) is 0 Å². The van der Waals surface area contributed by atoms with E-state index in [0.717, 1.165) is 23.8 Å². The van der Waals surface area contributed by atoms with Gasteiger partial charge in [-0.2, -0.15) is 0 Å². The van der Waals surface area contributed by atoms with Crippen molar-refractivity contribution in [1.82, 2.24) is 4.98 Å². The fourth-order valence-corrected chi connectivity index (χ4v) is 4.46. The number of para-hydroxylation sites is 1. The largest absolute Gasteiger partial charge is 0.241 e. The molecule has 1 aliphatic rings. The summed E-state index contributed by atoms with van der Waals surface area (Å²) < 4.78 is 1.31. The molecule has 0 radical (unpaired) electrons. The van der Waals surface area contributed by atoms with Crippen LogP contribution in [0.1, 0.15) is 18.4 Å². The summed E-state index contributed by atoms with van der Waals surface area (Å²) in [7, 11) is 0. The molecule has 84 valence electrons. The van der Waals surface area contributed by atoms with E-state index in [-0.39, 0.29) is 0 Å². The zero-order valence-electron chi connectivity index (χ0n) is 9.19. The van der Waals surface area contributed by atoms with Gasteiger partial charge in [-0.25, -0.2) is 4.98 Å². The van der Waals surface area contributed by atoms with Crippen LogP contribution in [0.5, 0.6) is 0 Å². The monoisotopic (exact) mass is 295 g/mol. The van der Waals surface area contributed by atoms with Gasteiger partial charge in [0.05, 0.1) is 15.2 Å². The van der Waals surface area contributed by atoms with Gasteiger partial charge in [0.2, 0.25) is 0 Å². The zero-order chi connectivity index (χ0) is 11.1. The van der Waals surface area contributed by atoms with Crippen molar-refractivity contribution >= 4 is 37.5 Å². The number of nitrogens with zero attached hydrogens (tertiary/aromatic N) is 1. The van der Waals surface area contributed by atoms with Crippen LogP contribution in [-0.2, 0) is 6.42 Å². The first-order valence-electron chi connectivity index (χ1n) is 5.72. The van der Waals surface area contributed by atoms with E-state index in [2.05, 4.69) is 52.1 Å². The number of hydrogen-bond donors (Lipinski definition) is 0. The Balaban J connectivity index is 1.79. The molecular formula is C13H14BrNS. The molecule has 16 heavy (non-hydrogen) atoms. The van der Waals surface area contributed by atoms with Crippen LogP contribution in [0.25, 0.3) is 10.2 Å². The van der Waals surface area contributed by atoms with Crippen LogP contribution in [0.4, 0.5) is 0 Å². The summed E-state index contributed by atoms with van der Waals surface area (Å²) >= 11 is 5.64. The Morgan fingerprint density at radius 1 is 1.50 bits per heavy atom. The van der Waals surface area contributed by atoms with E-state index in [9.17, 15) is 0 Å². The normalized spacial score (nSPS) is 25.9. The van der Waals surface area contributed by atoms with Crippen LogP contribution in [0.15, 0.2) is 24.3 Å². The molecule has 3 unspecified atom stereocenters. The van der Waals surface area contributed by atoms with Crippen molar-refractivity contribution in [2.75, 3.05) is 0 Å². The van der Waals surface area contributed by atoms with Gasteiger partial charge in [0.25, 0.3) is 0 Å². The standard InChI is InChI=1S/C13H14BrNS/c1-8-6-9(8)10(14)7-13-15-11-4-2-3-5-12(11)16-13/h2-5,8-10H,6-7H2,1H3. The van der Waals surface area contributed by atoms with Crippen molar-refractivity contribution in [3.8, 4) is 0 Å². The summed E-state index contributed by atoms with van der Waals surface area (Å²) in [6, 6.07) is 8.39. The Kier molecular flexibility index (Phi) is 2.76. The second kappa shape index (κ2) is 4.11. The van der Waals surface area contributed by atoms with Gasteiger partial charge in [0.1, 0.15) is 0 Å². The Labute approximate surface area is 108 Å². The first kappa shape index (κ1) is 10.7.